The molecule has 1 N–H and O–H groups in total. The van der Waals surface area contributed by atoms with Gasteiger partial charge in [0.05, 0.1) is 29.7 Å². The first-order valence-electron chi connectivity index (χ1n) is 10.6. The maximum atomic E-state index is 12.9. The van der Waals surface area contributed by atoms with Crippen molar-refractivity contribution in [2.45, 2.75) is 25.6 Å². The summed E-state index contributed by atoms with van der Waals surface area (Å²) in [5.41, 5.74) is 1.70. The lowest BCUT2D eigenvalue weighted by atomic mass is 10.1. The number of methoxy groups -OCH3 is 1. The van der Waals surface area contributed by atoms with Crippen LogP contribution in [0.15, 0.2) is 42.1 Å². The zero-order valence-corrected chi connectivity index (χ0v) is 19.9. The van der Waals surface area contributed by atoms with E-state index in [4.69, 9.17) is 38.0 Å². The molecule has 0 spiro atoms. The summed E-state index contributed by atoms with van der Waals surface area (Å²) in [5, 5.41) is 14.4. The number of thiocarbonyl (C=S) groups is 1. The van der Waals surface area contributed by atoms with Gasteiger partial charge in [0.1, 0.15) is 23.8 Å². The third-order valence-electron chi connectivity index (χ3n) is 5.50. The lowest BCUT2D eigenvalue weighted by Crippen LogP contribution is -2.37. The van der Waals surface area contributed by atoms with Crippen LogP contribution in [-0.4, -0.2) is 47.2 Å². The molecule has 0 aromatic heterocycles. The SMILES string of the molecule is COc1ccc(/C=C2/NC(=S)N(CC3CCCO3)C2=O)cc1COc1ccc([N+](=O)[O-])cc1Cl. The van der Waals surface area contributed by atoms with Crippen molar-refractivity contribution in [3.05, 3.63) is 68.4 Å². The van der Waals surface area contributed by atoms with E-state index in [0.29, 0.717) is 41.0 Å². The van der Waals surface area contributed by atoms with Gasteiger partial charge in [0, 0.05) is 24.3 Å². The number of benzene rings is 2. The van der Waals surface area contributed by atoms with Gasteiger partial charge in [0.2, 0.25) is 0 Å². The Bertz CT molecular complexity index is 1170. The Morgan fingerprint density at radius 1 is 1.32 bits per heavy atom. The predicted molar refractivity (Wildman–Crippen MR) is 130 cm³/mol. The van der Waals surface area contributed by atoms with Gasteiger partial charge in [-0.15, -0.1) is 0 Å². The minimum atomic E-state index is -0.526. The molecule has 1 unspecified atom stereocenters. The molecule has 34 heavy (non-hydrogen) atoms. The van der Waals surface area contributed by atoms with E-state index in [1.54, 1.807) is 19.3 Å². The van der Waals surface area contributed by atoms with Crippen LogP contribution in [0.2, 0.25) is 5.02 Å². The summed E-state index contributed by atoms with van der Waals surface area (Å²) in [6.07, 6.45) is 3.61. The van der Waals surface area contributed by atoms with E-state index in [1.807, 2.05) is 12.1 Å². The zero-order chi connectivity index (χ0) is 24.2. The van der Waals surface area contributed by atoms with Crippen molar-refractivity contribution in [3.8, 4) is 11.5 Å². The lowest BCUT2D eigenvalue weighted by Gasteiger charge is -2.18. The summed E-state index contributed by atoms with van der Waals surface area (Å²) in [6, 6.07) is 9.41. The summed E-state index contributed by atoms with van der Waals surface area (Å²) in [5.74, 6) is 0.689. The van der Waals surface area contributed by atoms with Crippen molar-refractivity contribution >= 4 is 46.6 Å². The van der Waals surface area contributed by atoms with Crippen molar-refractivity contribution in [2.24, 2.45) is 0 Å². The molecule has 1 atom stereocenters. The number of nitrogens with zero attached hydrogens (tertiary/aromatic N) is 2. The predicted octanol–water partition coefficient (Wildman–Crippen LogP) is 4.07. The van der Waals surface area contributed by atoms with Crippen molar-refractivity contribution in [1.29, 1.82) is 0 Å². The van der Waals surface area contributed by atoms with Crippen LogP contribution in [0, 0.1) is 10.1 Å². The standard InChI is InChI=1S/C23H22ClN3O6S/c1-31-20-6-4-14(9-15(20)13-33-21-7-5-16(27(29)30)11-18(21)24)10-19-22(28)26(23(34)25-19)12-17-3-2-8-32-17/h4-7,9-11,17H,2-3,8,12-13H2,1H3,(H,25,34)/b19-10+. The van der Waals surface area contributed by atoms with Gasteiger partial charge in [-0.2, -0.15) is 0 Å². The molecule has 0 radical (unpaired) electrons. The molecule has 2 saturated heterocycles. The number of rotatable bonds is 8. The molecular weight excluding hydrogens is 482 g/mol. The van der Waals surface area contributed by atoms with Crippen molar-refractivity contribution in [2.75, 3.05) is 20.3 Å². The average molecular weight is 504 g/mol. The van der Waals surface area contributed by atoms with E-state index in [9.17, 15) is 14.9 Å². The Balaban J connectivity index is 1.50. The molecule has 0 bridgehead atoms. The molecule has 4 rings (SSSR count). The molecule has 2 heterocycles. The maximum absolute atomic E-state index is 12.9. The molecule has 0 aliphatic carbocycles. The van der Waals surface area contributed by atoms with Gasteiger partial charge in [-0.25, -0.2) is 0 Å². The van der Waals surface area contributed by atoms with Gasteiger partial charge in [-0.05, 0) is 54.9 Å². The highest BCUT2D eigenvalue weighted by atomic mass is 35.5. The van der Waals surface area contributed by atoms with Gasteiger partial charge in [0.15, 0.2) is 5.11 Å². The van der Waals surface area contributed by atoms with E-state index >= 15 is 0 Å². The first-order valence-corrected chi connectivity index (χ1v) is 11.3. The van der Waals surface area contributed by atoms with Gasteiger partial charge in [-0.3, -0.25) is 19.8 Å². The van der Waals surface area contributed by atoms with Crippen LogP contribution in [0.4, 0.5) is 5.69 Å². The highest BCUT2D eigenvalue weighted by Crippen LogP contribution is 2.31. The summed E-state index contributed by atoms with van der Waals surface area (Å²) in [6.45, 7) is 1.24. The number of nitrogens with one attached hydrogen (secondary N) is 1. The molecule has 2 aromatic rings. The summed E-state index contributed by atoms with van der Waals surface area (Å²) in [4.78, 5) is 24.8. The van der Waals surface area contributed by atoms with Crippen LogP contribution in [-0.2, 0) is 16.1 Å². The van der Waals surface area contributed by atoms with E-state index in [0.717, 1.165) is 18.4 Å². The molecule has 11 heteroatoms. The van der Waals surface area contributed by atoms with Crippen LogP contribution in [0.1, 0.15) is 24.0 Å². The molecular formula is C23H22ClN3O6S. The molecule has 9 nitrogen and oxygen atoms in total. The maximum Gasteiger partial charge on any atom is 0.276 e. The average Bonchev–Trinajstić information content (AvgIpc) is 3.42. The highest BCUT2D eigenvalue weighted by Gasteiger charge is 2.33. The topological polar surface area (TPSA) is 103 Å². The molecule has 2 aliphatic rings. The summed E-state index contributed by atoms with van der Waals surface area (Å²) < 4.78 is 16.8. The third-order valence-corrected chi connectivity index (χ3v) is 6.12. The molecule has 2 aliphatic heterocycles. The first-order chi connectivity index (χ1) is 16.4. The largest absolute Gasteiger partial charge is 0.496 e. The van der Waals surface area contributed by atoms with Gasteiger partial charge in [0.25, 0.3) is 11.6 Å². The molecule has 1 amide bonds. The van der Waals surface area contributed by atoms with E-state index in [2.05, 4.69) is 5.32 Å². The van der Waals surface area contributed by atoms with Crippen LogP contribution >= 0.6 is 23.8 Å². The fourth-order valence-electron chi connectivity index (χ4n) is 3.77. The first kappa shape index (κ1) is 23.9. The number of non-ortho nitro benzene ring substituents is 1. The van der Waals surface area contributed by atoms with E-state index in [-0.39, 0.29) is 29.3 Å². The Kier molecular flexibility index (Phi) is 7.30. The minimum absolute atomic E-state index is 0.000895. The van der Waals surface area contributed by atoms with Crippen molar-refractivity contribution in [1.82, 2.24) is 10.2 Å². The summed E-state index contributed by atoms with van der Waals surface area (Å²) in [7, 11) is 1.54. The van der Waals surface area contributed by atoms with Crippen LogP contribution in [0.3, 0.4) is 0 Å². The number of halogens is 1. The van der Waals surface area contributed by atoms with Crippen molar-refractivity contribution in [3.63, 3.8) is 0 Å². The van der Waals surface area contributed by atoms with Crippen LogP contribution in [0.5, 0.6) is 11.5 Å². The third kappa shape index (κ3) is 5.30. The zero-order valence-electron chi connectivity index (χ0n) is 18.3. The Labute approximate surface area is 206 Å². The smallest absolute Gasteiger partial charge is 0.276 e. The molecule has 178 valence electrons. The Morgan fingerprint density at radius 3 is 2.79 bits per heavy atom. The van der Waals surface area contributed by atoms with Gasteiger partial charge >= 0.3 is 0 Å². The fourth-order valence-corrected chi connectivity index (χ4v) is 4.27. The van der Waals surface area contributed by atoms with Crippen LogP contribution < -0.4 is 14.8 Å². The van der Waals surface area contributed by atoms with E-state index < -0.39 is 4.92 Å². The highest BCUT2D eigenvalue weighted by molar-refractivity contribution is 7.80. The second-order valence-corrected chi connectivity index (χ2v) is 8.56. The number of hydrogen-bond donors (Lipinski definition) is 1. The van der Waals surface area contributed by atoms with Gasteiger partial charge < -0.3 is 19.5 Å². The number of carbonyl (C=O) groups excluding carboxylic acids is 1. The molecule has 2 fully saturated rings. The number of nitro groups is 1. The van der Waals surface area contributed by atoms with Gasteiger partial charge in [-0.1, -0.05) is 17.7 Å². The monoisotopic (exact) mass is 503 g/mol. The number of carbonyl (C=O) groups is 1. The fraction of sp³-hybridized carbons (Fsp3) is 0.304. The Hall–Kier alpha value is -3.21. The normalized spacial score (nSPS) is 18.9. The minimum Gasteiger partial charge on any atom is -0.496 e. The number of hydrogen-bond acceptors (Lipinski definition) is 7. The van der Waals surface area contributed by atoms with Crippen LogP contribution in [0.25, 0.3) is 6.08 Å². The quantitative estimate of drug-likeness (QED) is 0.249. The lowest BCUT2D eigenvalue weighted by molar-refractivity contribution is -0.384. The van der Waals surface area contributed by atoms with E-state index in [1.165, 1.54) is 23.1 Å². The molecule has 2 aromatic carbocycles. The Morgan fingerprint density at radius 2 is 2.12 bits per heavy atom. The number of ether oxygens (including phenoxy) is 3. The number of amides is 1. The second kappa shape index (κ2) is 10.4. The van der Waals surface area contributed by atoms with Crippen molar-refractivity contribution < 1.29 is 23.9 Å². The summed E-state index contributed by atoms with van der Waals surface area (Å²) >= 11 is 11.5. The second-order valence-electron chi connectivity index (χ2n) is 7.77. The molecule has 0 saturated carbocycles. The number of nitro benzene ring substituents is 1.